The standard InChI is InChI=1S/C16H27N3O/c1-6-20-14(10(2)3)15-18-9-11-12(17)7-16(4,5)8-13(11)19-15/h9-10,12,14H,6-8,17H2,1-5H3. The van der Waals surface area contributed by atoms with E-state index in [1.807, 2.05) is 13.1 Å². The van der Waals surface area contributed by atoms with E-state index in [-0.39, 0.29) is 17.6 Å². The highest BCUT2D eigenvalue weighted by molar-refractivity contribution is 5.26. The predicted octanol–water partition coefficient (Wildman–Crippen LogP) is 3.18. The van der Waals surface area contributed by atoms with Crippen molar-refractivity contribution in [3.63, 3.8) is 0 Å². The van der Waals surface area contributed by atoms with Gasteiger partial charge in [-0.3, -0.25) is 0 Å². The lowest BCUT2D eigenvalue weighted by Crippen LogP contribution is -2.31. The van der Waals surface area contributed by atoms with Crippen LogP contribution in [0.15, 0.2) is 6.20 Å². The molecule has 0 aliphatic heterocycles. The fourth-order valence-electron chi connectivity index (χ4n) is 3.01. The van der Waals surface area contributed by atoms with E-state index in [9.17, 15) is 0 Å². The smallest absolute Gasteiger partial charge is 0.157 e. The van der Waals surface area contributed by atoms with Gasteiger partial charge in [0.15, 0.2) is 5.82 Å². The van der Waals surface area contributed by atoms with E-state index in [4.69, 9.17) is 15.5 Å². The molecule has 0 radical (unpaired) electrons. The van der Waals surface area contributed by atoms with Crippen molar-refractivity contribution in [3.8, 4) is 0 Å². The van der Waals surface area contributed by atoms with E-state index < -0.39 is 0 Å². The van der Waals surface area contributed by atoms with Crippen molar-refractivity contribution >= 4 is 0 Å². The first kappa shape index (κ1) is 15.4. The van der Waals surface area contributed by atoms with Crippen LogP contribution in [-0.2, 0) is 11.2 Å². The first-order valence-electron chi connectivity index (χ1n) is 7.57. The normalized spacial score (nSPS) is 22.6. The van der Waals surface area contributed by atoms with Gasteiger partial charge in [-0.15, -0.1) is 0 Å². The Kier molecular flexibility index (Phi) is 4.45. The number of fused-ring (bicyclic) bond motifs is 1. The minimum atomic E-state index is -0.0356. The molecule has 0 bridgehead atoms. The molecule has 0 fully saturated rings. The summed E-state index contributed by atoms with van der Waals surface area (Å²) in [6, 6.07) is 0.0485. The summed E-state index contributed by atoms with van der Waals surface area (Å²) in [5.41, 5.74) is 8.67. The fourth-order valence-corrected chi connectivity index (χ4v) is 3.01. The van der Waals surface area contributed by atoms with Gasteiger partial charge >= 0.3 is 0 Å². The molecule has 1 aromatic rings. The van der Waals surface area contributed by atoms with Gasteiger partial charge in [0.05, 0.1) is 0 Å². The largest absolute Gasteiger partial charge is 0.370 e. The Hall–Kier alpha value is -1.00. The molecule has 112 valence electrons. The average molecular weight is 277 g/mol. The van der Waals surface area contributed by atoms with Crippen LogP contribution in [0.5, 0.6) is 0 Å². The van der Waals surface area contributed by atoms with Gasteiger partial charge < -0.3 is 10.5 Å². The van der Waals surface area contributed by atoms with E-state index in [0.29, 0.717) is 12.5 Å². The monoisotopic (exact) mass is 277 g/mol. The molecule has 4 nitrogen and oxygen atoms in total. The van der Waals surface area contributed by atoms with Gasteiger partial charge in [-0.05, 0) is 31.1 Å². The number of nitrogens with zero attached hydrogens (tertiary/aromatic N) is 2. The predicted molar refractivity (Wildman–Crippen MR) is 80.3 cm³/mol. The van der Waals surface area contributed by atoms with Crippen molar-refractivity contribution < 1.29 is 4.74 Å². The van der Waals surface area contributed by atoms with Crippen LogP contribution >= 0.6 is 0 Å². The zero-order valence-electron chi connectivity index (χ0n) is 13.3. The van der Waals surface area contributed by atoms with E-state index in [1.165, 1.54) is 0 Å². The average Bonchev–Trinajstić information content (AvgIpc) is 2.33. The summed E-state index contributed by atoms with van der Waals surface area (Å²) in [4.78, 5) is 9.30. The van der Waals surface area contributed by atoms with Crippen molar-refractivity contribution in [3.05, 3.63) is 23.3 Å². The Balaban J connectivity index is 2.35. The second kappa shape index (κ2) is 5.78. The van der Waals surface area contributed by atoms with Crippen LogP contribution in [0.25, 0.3) is 0 Å². The van der Waals surface area contributed by atoms with Gasteiger partial charge in [0, 0.05) is 30.1 Å². The highest BCUT2D eigenvalue weighted by Crippen LogP contribution is 2.39. The first-order chi connectivity index (χ1) is 9.34. The minimum absolute atomic E-state index is 0.0356. The lowest BCUT2D eigenvalue weighted by Gasteiger charge is -2.34. The molecular formula is C16H27N3O. The van der Waals surface area contributed by atoms with Crippen molar-refractivity contribution in [2.24, 2.45) is 17.1 Å². The van der Waals surface area contributed by atoms with Gasteiger partial charge in [0.1, 0.15) is 6.10 Å². The number of hydrogen-bond acceptors (Lipinski definition) is 4. The van der Waals surface area contributed by atoms with Gasteiger partial charge in [-0.1, -0.05) is 27.7 Å². The molecule has 0 amide bonds. The summed E-state index contributed by atoms with van der Waals surface area (Å²) in [6.45, 7) is 11.5. The van der Waals surface area contributed by atoms with Crippen LogP contribution in [0.2, 0.25) is 0 Å². The van der Waals surface area contributed by atoms with Crippen LogP contribution in [-0.4, -0.2) is 16.6 Å². The molecule has 0 aromatic carbocycles. The lowest BCUT2D eigenvalue weighted by atomic mass is 9.74. The summed E-state index contributed by atoms with van der Waals surface area (Å²) < 4.78 is 5.80. The van der Waals surface area contributed by atoms with Crippen LogP contribution in [0, 0.1) is 11.3 Å². The quantitative estimate of drug-likeness (QED) is 0.918. The molecule has 0 saturated heterocycles. The number of hydrogen-bond donors (Lipinski definition) is 1. The highest BCUT2D eigenvalue weighted by atomic mass is 16.5. The van der Waals surface area contributed by atoms with Crippen LogP contribution in [0.3, 0.4) is 0 Å². The van der Waals surface area contributed by atoms with E-state index in [2.05, 4.69) is 32.7 Å². The van der Waals surface area contributed by atoms with E-state index in [1.54, 1.807) is 0 Å². The van der Waals surface area contributed by atoms with Crippen molar-refractivity contribution in [2.75, 3.05) is 6.61 Å². The number of aromatic nitrogens is 2. The zero-order valence-corrected chi connectivity index (χ0v) is 13.3. The minimum Gasteiger partial charge on any atom is -0.370 e. The Morgan fingerprint density at radius 2 is 2.15 bits per heavy atom. The Bertz CT molecular complexity index is 471. The van der Waals surface area contributed by atoms with Gasteiger partial charge in [-0.25, -0.2) is 9.97 Å². The molecular weight excluding hydrogens is 250 g/mol. The third-order valence-electron chi connectivity index (χ3n) is 3.94. The summed E-state index contributed by atoms with van der Waals surface area (Å²) >= 11 is 0. The van der Waals surface area contributed by atoms with Gasteiger partial charge in [0.25, 0.3) is 0 Å². The third kappa shape index (κ3) is 3.18. The molecule has 2 unspecified atom stereocenters. The third-order valence-corrected chi connectivity index (χ3v) is 3.94. The summed E-state index contributed by atoms with van der Waals surface area (Å²) in [5, 5.41) is 0. The fraction of sp³-hybridized carbons (Fsp3) is 0.750. The van der Waals surface area contributed by atoms with Crippen LogP contribution in [0.1, 0.15) is 70.3 Å². The molecule has 2 rings (SSSR count). The molecule has 20 heavy (non-hydrogen) atoms. The van der Waals surface area contributed by atoms with Crippen molar-refractivity contribution in [1.82, 2.24) is 9.97 Å². The molecule has 2 N–H and O–H groups in total. The SMILES string of the molecule is CCOC(c1ncc2c(n1)CC(C)(C)CC2N)C(C)C. The van der Waals surface area contributed by atoms with Crippen molar-refractivity contribution in [1.29, 1.82) is 0 Å². The molecule has 1 heterocycles. The Morgan fingerprint density at radius 3 is 2.75 bits per heavy atom. The Labute approximate surface area is 122 Å². The maximum absolute atomic E-state index is 6.26. The Morgan fingerprint density at radius 1 is 1.45 bits per heavy atom. The molecule has 1 aromatic heterocycles. The van der Waals surface area contributed by atoms with E-state index >= 15 is 0 Å². The van der Waals surface area contributed by atoms with Crippen LogP contribution < -0.4 is 5.73 Å². The van der Waals surface area contributed by atoms with Gasteiger partial charge in [-0.2, -0.15) is 0 Å². The van der Waals surface area contributed by atoms with E-state index in [0.717, 1.165) is 29.9 Å². The number of nitrogens with two attached hydrogens (primary N) is 1. The number of rotatable bonds is 4. The molecule has 1 aliphatic carbocycles. The molecule has 1 aliphatic rings. The molecule has 0 spiro atoms. The zero-order chi connectivity index (χ0) is 14.9. The molecule has 2 atom stereocenters. The maximum atomic E-state index is 6.26. The lowest BCUT2D eigenvalue weighted by molar-refractivity contribution is 0.0228. The second-order valence-electron chi connectivity index (χ2n) is 6.90. The first-order valence-corrected chi connectivity index (χ1v) is 7.57. The second-order valence-corrected chi connectivity index (χ2v) is 6.90. The van der Waals surface area contributed by atoms with Gasteiger partial charge in [0.2, 0.25) is 0 Å². The number of ether oxygens (including phenoxy) is 1. The summed E-state index contributed by atoms with van der Waals surface area (Å²) in [6.07, 6.45) is 3.82. The highest BCUT2D eigenvalue weighted by Gasteiger charge is 2.32. The molecule has 4 heteroatoms. The topological polar surface area (TPSA) is 61.0 Å². The maximum Gasteiger partial charge on any atom is 0.157 e. The molecule has 0 saturated carbocycles. The summed E-state index contributed by atoms with van der Waals surface area (Å²) in [7, 11) is 0. The van der Waals surface area contributed by atoms with Crippen molar-refractivity contribution in [2.45, 2.75) is 59.6 Å². The summed E-state index contributed by atoms with van der Waals surface area (Å²) in [5.74, 6) is 1.16. The van der Waals surface area contributed by atoms with Crippen LogP contribution in [0.4, 0.5) is 0 Å².